The van der Waals surface area contributed by atoms with Crippen molar-refractivity contribution in [2.45, 2.75) is 26.4 Å². The van der Waals surface area contributed by atoms with Crippen molar-refractivity contribution in [3.05, 3.63) is 52.4 Å². The van der Waals surface area contributed by atoms with E-state index in [1.165, 1.54) is 0 Å². The minimum Gasteiger partial charge on any atom is -0.378 e. The first-order chi connectivity index (χ1) is 12.1. The molecule has 128 valence electrons. The van der Waals surface area contributed by atoms with E-state index in [2.05, 4.69) is 12.0 Å². The Morgan fingerprint density at radius 2 is 2.04 bits per heavy atom. The molecule has 0 saturated heterocycles. The molecule has 0 bridgehead atoms. The highest BCUT2D eigenvalue weighted by Gasteiger charge is 2.26. The van der Waals surface area contributed by atoms with Gasteiger partial charge in [0.15, 0.2) is 11.4 Å². The lowest BCUT2D eigenvalue weighted by Gasteiger charge is -2.19. The molecular weight excluding hydrogens is 338 g/mol. The van der Waals surface area contributed by atoms with Crippen LogP contribution in [0, 0.1) is 5.92 Å². The quantitative estimate of drug-likeness (QED) is 0.713. The van der Waals surface area contributed by atoms with Crippen LogP contribution >= 0.6 is 11.6 Å². The third-order valence-electron chi connectivity index (χ3n) is 4.55. The second-order valence-corrected chi connectivity index (χ2v) is 7.00. The van der Waals surface area contributed by atoms with Crippen LogP contribution in [0.4, 0.5) is 0 Å². The van der Waals surface area contributed by atoms with Crippen LogP contribution in [0.25, 0.3) is 16.8 Å². The summed E-state index contributed by atoms with van der Waals surface area (Å²) >= 11 is 6.02. The van der Waals surface area contributed by atoms with Crippen molar-refractivity contribution < 1.29 is 9.53 Å². The van der Waals surface area contributed by atoms with E-state index in [1.54, 1.807) is 11.6 Å². The number of carbonyl (C=O) groups excluding carboxylic acids is 1. The van der Waals surface area contributed by atoms with E-state index in [0.29, 0.717) is 29.5 Å². The standard InChI is InChI=1S/C19H18ClN3O2/c1-11-7-15-14(17(24)8-11)9-23-19(21-15)18(16(22-23)10-25-2)12-3-5-13(20)6-4-12/h3-6,9,11H,7-8,10H2,1-2H3. The number of ether oxygens (including phenoxy) is 1. The number of halogens is 1. The number of hydrogen-bond donors (Lipinski definition) is 0. The maximum absolute atomic E-state index is 12.3. The summed E-state index contributed by atoms with van der Waals surface area (Å²) in [5.74, 6) is 0.454. The number of hydrogen-bond acceptors (Lipinski definition) is 4. The molecule has 1 atom stereocenters. The van der Waals surface area contributed by atoms with Crippen LogP contribution in [-0.2, 0) is 17.8 Å². The van der Waals surface area contributed by atoms with Crippen molar-refractivity contribution in [3.8, 4) is 11.1 Å². The van der Waals surface area contributed by atoms with Crippen LogP contribution in [-0.4, -0.2) is 27.5 Å². The first-order valence-electron chi connectivity index (χ1n) is 8.26. The highest BCUT2D eigenvalue weighted by molar-refractivity contribution is 6.30. The van der Waals surface area contributed by atoms with Gasteiger partial charge in [-0.25, -0.2) is 9.50 Å². The summed E-state index contributed by atoms with van der Waals surface area (Å²) in [6.07, 6.45) is 3.18. The minimum atomic E-state index is 0.139. The van der Waals surface area contributed by atoms with Gasteiger partial charge >= 0.3 is 0 Å². The Balaban J connectivity index is 1.96. The first-order valence-corrected chi connectivity index (χ1v) is 8.64. The molecule has 0 radical (unpaired) electrons. The number of ketones is 1. The molecule has 3 aromatic rings. The molecule has 0 N–H and O–H groups in total. The Morgan fingerprint density at radius 3 is 2.76 bits per heavy atom. The Morgan fingerprint density at radius 1 is 1.28 bits per heavy atom. The van der Waals surface area contributed by atoms with Gasteiger partial charge in [-0.1, -0.05) is 30.7 Å². The number of fused-ring (bicyclic) bond motifs is 2. The van der Waals surface area contributed by atoms with Gasteiger partial charge in [-0.2, -0.15) is 5.10 Å². The second-order valence-electron chi connectivity index (χ2n) is 6.57. The minimum absolute atomic E-state index is 0.139. The molecule has 2 heterocycles. The van der Waals surface area contributed by atoms with Gasteiger partial charge in [0, 0.05) is 24.8 Å². The zero-order valence-corrected chi connectivity index (χ0v) is 14.9. The molecule has 0 fully saturated rings. The van der Waals surface area contributed by atoms with Gasteiger partial charge in [-0.15, -0.1) is 0 Å². The summed E-state index contributed by atoms with van der Waals surface area (Å²) in [5.41, 5.74) is 4.98. The lowest BCUT2D eigenvalue weighted by atomic mass is 9.88. The molecule has 2 aromatic heterocycles. The van der Waals surface area contributed by atoms with Gasteiger partial charge in [0.05, 0.1) is 29.1 Å². The van der Waals surface area contributed by atoms with Gasteiger partial charge in [0.25, 0.3) is 0 Å². The molecule has 1 aliphatic rings. The van der Waals surface area contributed by atoms with Crippen LogP contribution in [0.2, 0.25) is 5.02 Å². The van der Waals surface area contributed by atoms with Gasteiger partial charge < -0.3 is 4.74 Å². The van der Waals surface area contributed by atoms with Crippen LogP contribution in [0.5, 0.6) is 0 Å². The monoisotopic (exact) mass is 355 g/mol. The van der Waals surface area contributed by atoms with Gasteiger partial charge in [0.1, 0.15) is 0 Å². The second kappa shape index (κ2) is 6.24. The lowest BCUT2D eigenvalue weighted by molar-refractivity contribution is 0.0951. The normalized spacial score (nSPS) is 17.1. The summed E-state index contributed by atoms with van der Waals surface area (Å²) < 4.78 is 7.01. The number of Topliss-reactive ketones (excluding diaryl/α,β-unsaturated/α-hetero) is 1. The zero-order valence-electron chi connectivity index (χ0n) is 14.1. The average molecular weight is 356 g/mol. The number of benzene rings is 1. The molecule has 5 nitrogen and oxygen atoms in total. The topological polar surface area (TPSA) is 56.5 Å². The van der Waals surface area contributed by atoms with E-state index in [9.17, 15) is 4.79 Å². The van der Waals surface area contributed by atoms with E-state index in [0.717, 1.165) is 34.6 Å². The SMILES string of the molecule is COCc1nn2cc3c(nc2c1-c1ccc(Cl)cc1)CC(C)CC3=O. The van der Waals surface area contributed by atoms with E-state index < -0.39 is 0 Å². The Labute approximate surface area is 150 Å². The number of methoxy groups -OCH3 is 1. The highest BCUT2D eigenvalue weighted by atomic mass is 35.5. The predicted octanol–water partition coefficient (Wildman–Crippen LogP) is 3.96. The first kappa shape index (κ1) is 16.2. The fourth-order valence-corrected chi connectivity index (χ4v) is 3.55. The lowest BCUT2D eigenvalue weighted by Crippen LogP contribution is -2.20. The molecule has 0 spiro atoms. The zero-order chi connectivity index (χ0) is 17.6. The van der Waals surface area contributed by atoms with Crippen molar-refractivity contribution in [3.63, 3.8) is 0 Å². The molecule has 25 heavy (non-hydrogen) atoms. The van der Waals surface area contributed by atoms with Crippen molar-refractivity contribution in [1.82, 2.24) is 14.6 Å². The molecule has 4 rings (SSSR count). The summed E-state index contributed by atoms with van der Waals surface area (Å²) in [4.78, 5) is 17.2. The van der Waals surface area contributed by atoms with E-state index in [4.69, 9.17) is 21.3 Å². The van der Waals surface area contributed by atoms with E-state index in [-0.39, 0.29) is 5.78 Å². The van der Waals surface area contributed by atoms with Crippen LogP contribution < -0.4 is 0 Å². The van der Waals surface area contributed by atoms with Crippen molar-refractivity contribution in [1.29, 1.82) is 0 Å². The fraction of sp³-hybridized carbons (Fsp3) is 0.316. The Hall–Kier alpha value is -2.24. The van der Waals surface area contributed by atoms with E-state index >= 15 is 0 Å². The number of carbonyl (C=O) groups is 1. The molecule has 1 aromatic carbocycles. The summed E-state index contributed by atoms with van der Waals surface area (Å²) in [6.45, 7) is 2.45. The van der Waals surface area contributed by atoms with Gasteiger partial charge in [0.2, 0.25) is 0 Å². The molecule has 0 amide bonds. The fourth-order valence-electron chi connectivity index (χ4n) is 3.42. The average Bonchev–Trinajstić information content (AvgIpc) is 2.91. The number of aromatic nitrogens is 3. The largest absolute Gasteiger partial charge is 0.378 e. The van der Waals surface area contributed by atoms with Crippen molar-refractivity contribution in [2.24, 2.45) is 5.92 Å². The Kier molecular flexibility index (Phi) is 4.06. The summed E-state index contributed by atoms with van der Waals surface area (Å²) in [5, 5.41) is 5.29. The Bertz CT molecular complexity index is 963. The molecule has 1 aliphatic carbocycles. The number of rotatable bonds is 3. The van der Waals surface area contributed by atoms with E-state index in [1.807, 2.05) is 30.5 Å². The van der Waals surface area contributed by atoms with Crippen LogP contribution in [0.15, 0.2) is 30.5 Å². The smallest absolute Gasteiger partial charge is 0.166 e. The summed E-state index contributed by atoms with van der Waals surface area (Å²) in [7, 11) is 1.64. The third kappa shape index (κ3) is 2.83. The molecule has 0 aliphatic heterocycles. The maximum Gasteiger partial charge on any atom is 0.166 e. The predicted molar refractivity (Wildman–Crippen MR) is 96.0 cm³/mol. The van der Waals surface area contributed by atoms with Crippen molar-refractivity contribution in [2.75, 3.05) is 7.11 Å². The van der Waals surface area contributed by atoms with Gasteiger partial charge in [-0.05, 0) is 30.0 Å². The van der Waals surface area contributed by atoms with Crippen LogP contribution in [0.1, 0.15) is 35.1 Å². The highest BCUT2D eigenvalue weighted by Crippen LogP contribution is 2.32. The van der Waals surface area contributed by atoms with Crippen molar-refractivity contribution >= 4 is 23.0 Å². The molecular formula is C19H18ClN3O2. The molecule has 6 heteroatoms. The third-order valence-corrected chi connectivity index (χ3v) is 4.80. The number of nitrogens with zero attached hydrogens (tertiary/aromatic N) is 3. The van der Waals surface area contributed by atoms with Crippen LogP contribution in [0.3, 0.4) is 0 Å². The maximum atomic E-state index is 12.3. The van der Waals surface area contributed by atoms with Gasteiger partial charge in [-0.3, -0.25) is 4.79 Å². The summed E-state index contributed by atoms with van der Waals surface area (Å²) in [6, 6.07) is 7.60. The molecule has 0 saturated carbocycles. The molecule has 1 unspecified atom stereocenters.